The Balaban J connectivity index is 0.00000480. The van der Waals surface area contributed by atoms with Crippen LogP contribution in [0.25, 0.3) is 0 Å². The number of hydrogen-bond donors (Lipinski definition) is 2. The van der Waals surface area contributed by atoms with Gasteiger partial charge in [-0.15, -0.1) is 24.0 Å². The second-order valence-electron chi connectivity index (χ2n) is 7.80. The number of nitrogens with one attached hydrogen (secondary N) is 2. The Bertz CT molecular complexity index is 644. The van der Waals surface area contributed by atoms with Gasteiger partial charge in [-0.25, -0.2) is 0 Å². The Kier molecular flexibility index (Phi) is 14.7. The number of rotatable bonds is 11. The normalized spacial score (nSPS) is 15.7. The van der Waals surface area contributed by atoms with Gasteiger partial charge in [0.1, 0.15) is 0 Å². The van der Waals surface area contributed by atoms with Crippen molar-refractivity contribution in [3.63, 3.8) is 0 Å². The molecule has 178 valence electrons. The van der Waals surface area contributed by atoms with Crippen molar-refractivity contribution in [3.8, 4) is 11.5 Å². The van der Waals surface area contributed by atoms with Crippen LogP contribution in [-0.4, -0.2) is 89.4 Å². The predicted molar refractivity (Wildman–Crippen MR) is 140 cm³/mol. The van der Waals surface area contributed by atoms with Crippen molar-refractivity contribution >= 4 is 29.9 Å². The number of hydrogen-bond acceptors (Lipinski definition) is 5. The average Bonchev–Trinajstić information content (AvgIpc) is 2.97. The molecule has 1 aromatic carbocycles. The maximum Gasteiger partial charge on any atom is 0.190 e. The van der Waals surface area contributed by atoms with Gasteiger partial charge in [-0.3, -0.25) is 4.99 Å². The van der Waals surface area contributed by atoms with Gasteiger partial charge in [0.15, 0.2) is 17.5 Å². The molecule has 1 aliphatic heterocycles. The zero-order valence-electron chi connectivity index (χ0n) is 19.8. The van der Waals surface area contributed by atoms with E-state index in [0.29, 0.717) is 6.61 Å². The number of likely N-dealkylation sites (N-methyl/N-ethyl adjacent to an activating group) is 1. The summed E-state index contributed by atoms with van der Waals surface area (Å²) in [6.45, 7) is 10.4. The summed E-state index contributed by atoms with van der Waals surface area (Å²) in [6, 6.07) is 6.17. The lowest BCUT2D eigenvalue weighted by Gasteiger charge is -2.20. The molecule has 0 spiro atoms. The van der Waals surface area contributed by atoms with E-state index in [9.17, 15) is 0 Å². The molecule has 7 nitrogen and oxygen atoms in total. The fraction of sp³-hybridized carbons (Fsp3) is 0.696. The van der Waals surface area contributed by atoms with E-state index < -0.39 is 0 Å². The number of aryl methyl sites for hydroxylation is 1. The summed E-state index contributed by atoms with van der Waals surface area (Å²) in [5.74, 6) is 2.49. The van der Waals surface area contributed by atoms with Gasteiger partial charge in [-0.2, -0.15) is 0 Å². The molecule has 2 N–H and O–H groups in total. The van der Waals surface area contributed by atoms with E-state index in [1.54, 1.807) is 7.11 Å². The van der Waals surface area contributed by atoms with Gasteiger partial charge in [0.05, 0.1) is 13.7 Å². The molecule has 1 saturated heterocycles. The lowest BCUT2D eigenvalue weighted by Crippen LogP contribution is -2.39. The van der Waals surface area contributed by atoms with Crippen molar-refractivity contribution in [2.24, 2.45) is 4.99 Å². The first-order chi connectivity index (χ1) is 14.7. The Morgan fingerprint density at radius 2 is 1.84 bits per heavy atom. The first kappa shape index (κ1) is 27.8. The Labute approximate surface area is 206 Å². The Morgan fingerprint density at radius 3 is 2.55 bits per heavy atom. The summed E-state index contributed by atoms with van der Waals surface area (Å²) in [4.78, 5) is 9.34. The van der Waals surface area contributed by atoms with Gasteiger partial charge in [-0.05, 0) is 77.0 Å². The van der Waals surface area contributed by atoms with E-state index in [0.717, 1.165) is 56.4 Å². The van der Waals surface area contributed by atoms with Crippen LogP contribution in [0, 0.1) is 0 Å². The summed E-state index contributed by atoms with van der Waals surface area (Å²) in [5, 5.41) is 6.86. The van der Waals surface area contributed by atoms with E-state index in [1.807, 2.05) is 20.0 Å². The third-order valence-electron chi connectivity index (χ3n) is 5.44. The average molecular weight is 548 g/mol. The smallest absolute Gasteiger partial charge is 0.190 e. The molecule has 0 saturated carbocycles. The molecule has 1 fully saturated rings. The van der Waals surface area contributed by atoms with Crippen LogP contribution in [0.5, 0.6) is 11.5 Å². The van der Waals surface area contributed by atoms with Crippen molar-refractivity contribution in [2.75, 3.05) is 73.6 Å². The molecule has 0 bridgehead atoms. The SMILES string of the molecule is CCOc1cc(CCCNC(=NC)NCCCN2CCCN(C)CC2)ccc1OC.I. The van der Waals surface area contributed by atoms with Crippen LogP contribution in [0.3, 0.4) is 0 Å². The van der Waals surface area contributed by atoms with E-state index in [2.05, 4.69) is 44.6 Å². The van der Waals surface area contributed by atoms with E-state index >= 15 is 0 Å². The van der Waals surface area contributed by atoms with Crippen molar-refractivity contribution in [3.05, 3.63) is 23.8 Å². The van der Waals surface area contributed by atoms with Crippen LogP contribution in [0.2, 0.25) is 0 Å². The number of guanidine groups is 1. The minimum absolute atomic E-state index is 0. The molecule has 0 atom stereocenters. The highest BCUT2D eigenvalue weighted by molar-refractivity contribution is 14.0. The van der Waals surface area contributed by atoms with Crippen LogP contribution in [-0.2, 0) is 6.42 Å². The maximum absolute atomic E-state index is 5.67. The molecule has 31 heavy (non-hydrogen) atoms. The lowest BCUT2D eigenvalue weighted by atomic mass is 10.1. The zero-order valence-corrected chi connectivity index (χ0v) is 22.1. The van der Waals surface area contributed by atoms with Crippen LogP contribution < -0.4 is 20.1 Å². The fourth-order valence-electron chi connectivity index (χ4n) is 3.70. The van der Waals surface area contributed by atoms with Gasteiger partial charge < -0.3 is 29.9 Å². The molecule has 1 aromatic rings. The standard InChI is InChI=1S/C23H41N5O2.HI/c1-5-30-22-19-20(10-11-21(22)29-4)9-6-12-25-23(24-2)26-13-7-15-28-16-8-14-27(3)17-18-28;/h10-11,19H,5-9,12-18H2,1-4H3,(H2,24,25,26);1H. The Morgan fingerprint density at radius 1 is 1.06 bits per heavy atom. The first-order valence-corrected chi connectivity index (χ1v) is 11.3. The molecule has 2 rings (SSSR count). The van der Waals surface area contributed by atoms with Gasteiger partial charge >= 0.3 is 0 Å². The molecule has 1 aliphatic rings. The number of ether oxygens (including phenoxy) is 2. The maximum atomic E-state index is 5.67. The first-order valence-electron chi connectivity index (χ1n) is 11.3. The van der Waals surface area contributed by atoms with Gasteiger partial charge in [0.25, 0.3) is 0 Å². The lowest BCUT2D eigenvalue weighted by molar-refractivity contribution is 0.274. The molecule has 0 aliphatic carbocycles. The number of aliphatic imine (C=N–C) groups is 1. The summed E-state index contributed by atoms with van der Waals surface area (Å²) in [7, 11) is 5.72. The molecular weight excluding hydrogens is 505 g/mol. The van der Waals surface area contributed by atoms with E-state index in [4.69, 9.17) is 9.47 Å². The van der Waals surface area contributed by atoms with Crippen LogP contribution in [0.4, 0.5) is 0 Å². The topological polar surface area (TPSA) is 61.4 Å². The third kappa shape index (κ3) is 10.7. The van der Waals surface area contributed by atoms with Crippen molar-refractivity contribution < 1.29 is 9.47 Å². The molecular formula is C23H42IN5O2. The minimum atomic E-state index is 0. The second kappa shape index (κ2) is 16.4. The van der Waals surface area contributed by atoms with Gasteiger partial charge in [0.2, 0.25) is 0 Å². The third-order valence-corrected chi connectivity index (χ3v) is 5.44. The zero-order chi connectivity index (χ0) is 21.6. The number of nitrogens with zero attached hydrogens (tertiary/aromatic N) is 3. The monoisotopic (exact) mass is 547 g/mol. The summed E-state index contributed by atoms with van der Waals surface area (Å²) in [6.07, 6.45) is 4.42. The summed E-state index contributed by atoms with van der Waals surface area (Å²) in [5.41, 5.74) is 1.26. The highest BCUT2D eigenvalue weighted by Crippen LogP contribution is 2.28. The fourth-order valence-corrected chi connectivity index (χ4v) is 3.70. The number of benzene rings is 1. The molecule has 1 heterocycles. The molecule has 8 heteroatoms. The van der Waals surface area contributed by atoms with E-state index in [1.165, 1.54) is 38.2 Å². The van der Waals surface area contributed by atoms with Crippen LogP contribution in [0.1, 0.15) is 31.7 Å². The largest absolute Gasteiger partial charge is 0.493 e. The van der Waals surface area contributed by atoms with Gasteiger partial charge in [0, 0.05) is 33.2 Å². The Hall–Kier alpha value is -1.26. The molecule has 0 unspecified atom stereocenters. The minimum Gasteiger partial charge on any atom is -0.493 e. The highest BCUT2D eigenvalue weighted by Gasteiger charge is 2.11. The summed E-state index contributed by atoms with van der Waals surface area (Å²) < 4.78 is 11.0. The van der Waals surface area contributed by atoms with Crippen molar-refractivity contribution in [1.82, 2.24) is 20.4 Å². The van der Waals surface area contributed by atoms with Crippen LogP contribution in [0.15, 0.2) is 23.2 Å². The van der Waals surface area contributed by atoms with Crippen molar-refractivity contribution in [1.29, 1.82) is 0 Å². The summed E-state index contributed by atoms with van der Waals surface area (Å²) >= 11 is 0. The predicted octanol–water partition coefficient (Wildman–Crippen LogP) is 2.84. The highest BCUT2D eigenvalue weighted by atomic mass is 127. The molecule has 0 radical (unpaired) electrons. The molecule has 0 amide bonds. The quantitative estimate of drug-likeness (QED) is 0.192. The van der Waals surface area contributed by atoms with Crippen LogP contribution >= 0.6 is 24.0 Å². The molecule has 0 aromatic heterocycles. The van der Waals surface area contributed by atoms with Gasteiger partial charge in [-0.1, -0.05) is 6.07 Å². The van der Waals surface area contributed by atoms with Crippen molar-refractivity contribution in [2.45, 2.75) is 32.6 Å². The number of halogens is 1. The second-order valence-corrected chi connectivity index (χ2v) is 7.80. The number of methoxy groups -OCH3 is 1. The van der Waals surface area contributed by atoms with E-state index in [-0.39, 0.29) is 24.0 Å².